The van der Waals surface area contributed by atoms with Crippen LogP contribution in [-0.2, 0) is 9.47 Å². The number of halogens is 1. The Labute approximate surface area is 173 Å². The van der Waals surface area contributed by atoms with Gasteiger partial charge in [-0.2, -0.15) is 0 Å². The van der Waals surface area contributed by atoms with Crippen LogP contribution in [0.3, 0.4) is 0 Å². The molecule has 7 nitrogen and oxygen atoms in total. The molecular weight excluding hydrogens is 378 g/mol. The van der Waals surface area contributed by atoms with Crippen molar-refractivity contribution >= 4 is 11.6 Å². The molecule has 4 rings (SSSR count). The Kier molecular flexibility index (Phi) is 6.95. The van der Waals surface area contributed by atoms with E-state index < -0.39 is 0 Å². The first-order chi connectivity index (χ1) is 13.5. The number of fused-ring (bicyclic) bond motifs is 1. The van der Waals surface area contributed by atoms with E-state index in [1.54, 1.807) is 0 Å². The van der Waals surface area contributed by atoms with E-state index in [1.165, 1.54) is 5.57 Å². The lowest BCUT2D eigenvalue weighted by atomic mass is 9.75. The summed E-state index contributed by atoms with van der Waals surface area (Å²) in [6.07, 6.45) is 6.94. The first-order valence-electron chi connectivity index (χ1n) is 10.8. The van der Waals surface area contributed by atoms with Gasteiger partial charge in [0.05, 0.1) is 23.8 Å². The largest absolute Gasteiger partial charge is 0.349 e. The first kappa shape index (κ1) is 21.0. The Bertz CT molecular complexity index is 565. The van der Waals surface area contributed by atoms with E-state index in [2.05, 4.69) is 46.5 Å². The summed E-state index contributed by atoms with van der Waals surface area (Å²) in [6.45, 7) is 5.75. The minimum Gasteiger partial charge on any atom is -0.349 e. The highest BCUT2D eigenvalue weighted by Gasteiger charge is 2.49. The number of nitrogens with one attached hydrogen (secondary N) is 5. The molecule has 2 saturated heterocycles. The maximum atomic E-state index is 7.13. The van der Waals surface area contributed by atoms with Crippen LogP contribution in [0.1, 0.15) is 39.5 Å². The lowest BCUT2D eigenvalue weighted by molar-refractivity contribution is 0.0319. The van der Waals surface area contributed by atoms with Gasteiger partial charge < -0.3 is 20.1 Å². The SMILES string of the molecule is CNC1CC(C)NC(NC2CC3OCOC3C(C3=CCN[C@H](C)CC3)C2Cl)N1. The number of ether oxygens (including phenoxy) is 2. The van der Waals surface area contributed by atoms with Gasteiger partial charge in [-0.05, 0) is 46.6 Å². The van der Waals surface area contributed by atoms with Crippen LogP contribution in [0.25, 0.3) is 0 Å². The molecule has 4 aliphatic rings. The van der Waals surface area contributed by atoms with Crippen LogP contribution in [0.2, 0.25) is 0 Å². The van der Waals surface area contributed by atoms with Gasteiger partial charge in [0.2, 0.25) is 0 Å². The Morgan fingerprint density at radius 1 is 1.14 bits per heavy atom. The van der Waals surface area contributed by atoms with Gasteiger partial charge in [0.1, 0.15) is 13.1 Å². The maximum absolute atomic E-state index is 7.13. The number of rotatable bonds is 4. The van der Waals surface area contributed by atoms with E-state index in [0.717, 1.165) is 32.2 Å². The van der Waals surface area contributed by atoms with Gasteiger partial charge >= 0.3 is 0 Å². The van der Waals surface area contributed by atoms with Crippen LogP contribution in [-0.4, -0.2) is 68.6 Å². The quantitative estimate of drug-likeness (QED) is 0.345. The highest BCUT2D eigenvalue weighted by Crippen LogP contribution is 2.41. The third-order valence-electron chi connectivity index (χ3n) is 6.74. The molecule has 0 radical (unpaired) electrons. The Morgan fingerprint density at radius 3 is 2.82 bits per heavy atom. The van der Waals surface area contributed by atoms with Crippen LogP contribution in [0.15, 0.2) is 11.6 Å². The summed E-state index contributed by atoms with van der Waals surface area (Å²) in [6, 6.07) is 1.12. The Hall–Kier alpha value is -0.250. The summed E-state index contributed by atoms with van der Waals surface area (Å²) in [5, 5.41) is 17.8. The molecule has 3 aliphatic heterocycles. The molecule has 28 heavy (non-hydrogen) atoms. The van der Waals surface area contributed by atoms with Crippen molar-refractivity contribution in [3.05, 3.63) is 11.6 Å². The fourth-order valence-corrected chi connectivity index (χ4v) is 5.63. The molecule has 0 spiro atoms. The third kappa shape index (κ3) is 4.57. The van der Waals surface area contributed by atoms with Gasteiger partial charge in [-0.15, -0.1) is 11.6 Å². The molecule has 160 valence electrons. The van der Waals surface area contributed by atoms with Crippen LogP contribution in [0, 0.1) is 5.92 Å². The lowest BCUT2D eigenvalue weighted by Gasteiger charge is -2.45. The van der Waals surface area contributed by atoms with E-state index in [4.69, 9.17) is 21.1 Å². The molecule has 0 bridgehead atoms. The highest BCUT2D eigenvalue weighted by atomic mass is 35.5. The zero-order chi connectivity index (χ0) is 19.7. The summed E-state index contributed by atoms with van der Waals surface area (Å²) in [5.74, 6) is 0.189. The molecule has 1 saturated carbocycles. The van der Waals surface area contributed by atoms with Gasteiger partial charge in [-0.1, -0.05) is 11.6 Å². The number of hydrogen-bond acceptors (Lipinski definition) is 7. The minimum absolute atomic E-state index is 0.0248. The predicted molar refractivity (Wildman–Crippen MR) is 111 cm³/mol. The van der Waals surface area contributed by atoms with Crippen LogP contribution >= 0.6 is 11.6 Å². The van der Waals surface area contributed by atoms with Gasteiger partial charge in [0.15, 0.2) is 0 Å². The molecule has 0 amide bonds. The number of hydrogen-bond donors (Lipinski definition) is 5. The van der Waals surface area contributed by atoms with E-state index in [9.17, 15) is 0 Å². The Balaban J connectivity index is 1.48. The summed E-state index contributed by atoms with van der Waals surface area (Å²) >= 11 is 7.13. The number of alkyl halides is 1. The molecule has 3 heterocycles. The summed E-state index contributed by atoms with van der Waals surface area (Å²) in [5.41, 5.74) is 1.43. The van der Waals surface area contributed by atoms with Crippen molar-refractivity contribution in [2.24, 2.45) is 5.92 Å². The second-order valence-electron chi connectivity index (χ2n) is 8.80. The van der Waals surface area contributed by atoms with E-state index in [1.807, 2.05) is 7.05 Å². The normalized spacial score (nSPS) is 47.3. The summed E-state index contributed by atoms with van der Waals surface area (Å²) < 4.78 is 12.0. The van der Waals surface area contributed by atoms with E-state index in [0.29, 0.717) is 18.9 Å². The molecule has 8 unspecified atom stereocenters. The van der Waals surface area contributed by atoms with Gasteiger partial charge in [-0.3, -0.25) is 16.0 Å². The van der Waals surface area contributed by atoms with Gasteiger partial charge in [0, 0.05) is 30.6 Å². The topological polar surface area (TPSA) is 78.6 Å². The molecule has 8 heteroatoms. The van der Waals surface area contributed by atoms with Gasteiger partial charge in [0.25, 0.3) is 0 Å². The monoisotopic (exact) mass is 413 g/mol. The van der Waals surface area contributed by atoms with E-state index >= 15 is 0 Å². The smallest absolute Gasteiger partial charge is 0.147 e. The molecule has 0 aromatic heterocycles. The zero-order valence-corrected chi connectivity index (χ0v) is 18.0. The van der Waals surface area contributed by atoms with Crippen molar-refractivity contribution in [2.45, 2.75) is 87.7 Å². The molecule has 0 aromatic rings. The second kappa shape index (κ2) is 9.27. The molecular formula is C20H36ClN5O2. The van der Waals surface area contributed by atoms with E-state index in [-0.39, 0.29) is 42.0 Å². The lowest BCUT2D eigenvalue weighted by Crippen LogP contribution is -2.69. The molecule has 9 atom stereocenters. The standard InChI is InChI=1S/C20H36ClN5O2/c1-11-4-5-13(6-7-23-11)17-18(21)14(9-15-19(17)28-10-27-15)25-20-24-12(2)8-16(22-3)26-20/h6,11-12,14-20,22-26H,4-5,7-10H2,1-3H3/t11-,12?,14?,15?,16?,17?,18?,19?,20?/m1/s1. The second-order valence-corrected chi connectivity index (χ2v) is 9.31. The molecule has 1 aliphatic carbocycles. The van der Waals surface area contributed by atoms with Crippen molar-refractivity contribution in [1.82, 2.24) is 26.6 Å². The average Bonchev–Trinajstić information content (AvgIpc) is 3.02. The van der Waals surface area contributed by atoms with Crippen LogP contribution < -0.4 is 26.6 Å². The van der Waals surface area contributed by atoms with Gasteiger partial charge in [-0.25, -0.2) is 0 Å². The highest BCUT2D eigenvalue weighted by molar-refractivity contribution is 6.21. The van der Waals surface area contributed by atoms with Crippen LogP contribution in [0.5, 0.6) is 0 Å². The molecule has 3 fully saturated rings. The fraction of sp³-hybridized carbons (Fsp3) is 0.900. The first-order valence-corrected chi connectivity index (χ1v) is 11.2. The fourth-order valence-electron chi connectivity index (χ4n) is 5.15. The van der Waals surface area contributed by atoms with Crippen molar-refractivity contribution in [1.29, 1.82) is 0 Å². The summed E-state index contributed by atoms with van der Waals surface area (Å²) in [7, 11) is 2.00. The Morgan fingerprint density at radius 2 is 2.00 bits per heavy atom. The van der Waals surface area contributed by atoms with Crippen molar-refractivity contribution in [3.8, 4) is 0 Å². The van der Waals surface area contributed by atoms with Crippen molar-refractivity contribution < 1.29 is 9.47 Å². The van der Waals surface area contributed by atoms with Crippen LogP contribution in [0.4, 0.5) is 0 Å². The molecule has 5 N–H and O–H groups in total. The van der Waals surface area contributed by atoms with Crippen molar-refractivity contribution in [3.63, 3.8) is 0 Å². The minimum atomic E-state index is -0.0310. The summed E-state index contributed by atoms with van der Waals surface area (Å²) in [4.78, 5) is 0. The molecule has 0 aromatic carbocycles. The zero-order valence-electron chi connectivity index (χ0n) is 17.2. The van der Waals surface area contributed by atoms with Crippen molar-refractivity contribution in [2.75, 3.05) is 20.4 Å². The maximum Gasteiger partial charge on any atom is 0.147 e. The predicted octanol–water partition coefficient (Wildman–Crippen LogP) is 0.812. The average molecular weight is 414 g/mol. The third-order valence-corrected chi connectivity index (χ3v) is 7.31.